The molecule has 3 aromatic heterocycles. The molecule has 0 aliphatic rings. The number of hydrogen-bond donors (Lipinski definition) is 0. The SMILES string of the molecule is c1ccc2cc(-c3nc(-n4c5ccc6ccccc6c5c5c6c7ccccc7c7ccccc7c6ccc54)nc4c3oc3ccccc34)ccc2c1. The molecule has 4 nitrogen and oxygen atoms in total. The monoisotopic (exact) mass is 661 g/mol. The van der Waals surface area contributed by atoms with Gasteiger partial charge in [-0.1, -0.05) is 133 Å². The van der Waals surface area contributed by atoms with Gasteiger partial charge in [-0.15, -0.1) is 0 Å². The highest BCUT2D eigenvalue weighted by molar-refractivity contribution is 6.37. The molecule has 0 radical (unpaired) electrons. The molecule has 0 aliphatic heterocycles. The molecule has 0 atom stereocenters. The zero-order valence-electron chi connectivity index (χ0n) is 27.8. The van der Waals surface area contributed by atoms with E-state index in [1.54, 1.807) is 0 Å². The van der Waals surface area contributed by atoms with Crippen LogP contribution >= 0.6 is 0 Å². The summed E-state index contributed by atoms with van der Waals surface area (Å²) in [6.07, 6.45) is 0. The van der Waals surface area contributed by atoms with E-state index in [0.29, 0.717) is 11.5 Å². The van der Waals surface area contributed by atoms with Gasteiger partial charge in [0.05, 0.1) is 11.0 Å². The topological polar surface area (TPSA) is 43.9 Å². The normalized spacial score (nSPS) is 12.2. The van der Waals surface area contributed by atoms with Crippen molar-refractivity contribution in [3.05, 3.63) is 164 Å². The van der Waals surface area contributed by atoms with E-state index in [-0.39, 0.29) is 0 Å². The van der Waals surface area contributed by atoms with Crippen molar-refractivity contribution in [3.8, 4) is 17.2 Å². The number of nitrogens with zero attached hydrogens (tertiary/aromatic N) is 3. The first-order chi connectivity index (χ1) is 25.8. The second-order valence-electron chi connectivity index (χ2n) is 13.7. The van der Waals surface area contributed by atoms with Gasteiger partial charge in [-0.25, -0.2) is 9.97 Å². The van der Waals surface area contributed by atoms with Crippen LogP contribution in [0.1, 0.15) is 0 Å². The number of hydrogen-bond acceptors (Lipinski definition) is 3. The first kappa shape index (κ1) is 27.7. The Labute approximate surface area is 296 Å². The third kappa shape index (κ3) is 3.70. The molecule has 0 aliphatic carbocycles. The van der Waals surface area contributed by atoms with Gasteiger partial charge in [-0.2, -0.15) is 0 Å². The van der Waals surface area contributed by atoms with Gasteiger partial charge in [-0.05, 0) is 78.8 Å². The standard InChI is InChI=1S/C48H27N3O/c1-2-13-30-27-31(22-21-28(30)11-1)45-47-46(38-19-9-10-20-41(38)52-47)50-48(49-45)51-39-25-23-29-12-3-4-14-32(29)43(39)44-40(51)26-24-37-35-17-6-5-15-33(35)34-16-7-8-18-36(34)42(37)44/h1-27H. The minimum atomic E-state index is 0.613. The Morgan fingerprint density at radius 3 is 1.79 bits per heavy atom. The highest BCUT2D eigenvalue weighted by Gasteiger charge is 2.24. The largest absolute Gasteiger partial charge is 0.452 e. The fourth-order valence-electron chi connectivity index (χ4n) is 8.69. The Morgan fingerprint density at radius 2 is 0.981 bits per heavy atom. The molecule has 4 heteroatoms. The lowest BCUT2D eigenvalue weighted by Gasteiger charge is -2.13. The molecule has 3 heterocycles. The number of furan rings is 1. The van der Waals surface area contributed by atoms with Gasteiger partial charge in [-0.3, -0.25) is 4.57 Å². The lowest BCUT2D eigenvalue weighted by atomic mass is 9.91. The lowest BCUT2D eigenvalue weighted by molar-refractivity contribution is 0.666. The molecule has 0 fully saturated rings. The fourth-order valence-corrected chi connectivity index (χ4v) is 8.69. The van der Waals surface area contributed by atoms with Crippen LogP contribution in [0.15, 0.2) is 168 Å². The molecule has 0 amide bonds. The summed E-state index contributed by atoms with van der Waals surface area (Å²) < 4.78 is 8.84. The Hall–Kier alpha value is -7.04. The molecule has 12 rings (SSSR count). The first-order valence-corrected chi connectivity index (χ1v) is 17.7. The average Bonchev–Trinajstić information content (AvgIpc) is 3.76. The lowest BCUT2D eigenvalue weighted by Crippen LogP contribution is -2.03. The highest BCUT2D eigenvalue weighted by Crippen LogP contribution is 2.45. The van der Waals surface area contributed by atoms with Gasteiger partial charge in [0.15, 0.2) is 5.58 Å². The summed E-state index contributed by atoms with van der Waals surface area (Å²) in [5, 5.41) is 15.6. The average molecular weight is 662 g/mol. The molecule has 0 bridgehead atoms. The molecule has 9 aromatic carbocycles. The van der Waals surface area contributed by atoms with Gasteiger partial charge in [0, 0.05) is 27.1 Å². The quantitative estimate of drug-likeness (QED) is 0.173. The van der Waals surface area contributed by atoms with Crippen LogP contribution in [-0.2, 0) is 0 Å². The van der Waals surface area contributed by atoms with E-state index in [0.717, 1.165) is 44.2 Å². The van der Waals surface area contributed by atoms with Crippen LogP contribution in [0.4, 0.5) is 0 Å². The van der Waals surface area contributed by atoms with Crippen molar-refractivity contribution in [1.29, 1.82) is 0 Å². The number of aromatic nitrogens is 3. The molecule has 0 saturated heterocycles. The number of para-hydroxylation sites is 1. The molecule has 0 N–H and O–H groups in total. The van der Waals surface area contributed by atoms with Crippen LogP contribution < -0.4 is 0 Å². The van der Waals surface area contributed by atoms with Gasteiger partial charge < -0.3 is 4.42 Å². The van der Waals surface area contributed by atoms with E-state index in [1.165, 1.54) is 59.2 Å². The molecule has 240 valence electrons. The molecular formula is C48H27N3O. The first-order valence-electron chi connectivity index (χ1n) is 17.7. The van der Waals surface area contributed by atoms with Crippen molar-refractivity contribution in [2.75, 3.05) is 0 Å². The van der Waals surface area contributed by atoms with Crippen LogP contribution in [0.5, 0.6) is 0 Å². The third-order valence-corrected chi connectivity index (χ3v) is 11.0. The summed E-state index contributed by atoms with van der Waals surface area (Å²) in [6.45, 7) is 0. The van der Waals surface area contributed by atoms with E-state index in [2.05, 4.69) is 150 Å². The molecule has 0 unspecified atom stereocenters. The maximum atomic E-state index is 6.57. The van der Waals surface area contributed by atoms with Crippen molar-refractivity contribution >= 4 is 97.7 Å². The maximum absolute atomic E-state index is 6.57. The van der Waals surface area contributed by atoms with Crippen molar-refractivity contribution in [2.24, 2.45) is 0 Å². The van der Waals surface area contributed by atoms with Crippen molar-refractivity contribution in [2.45, 2.75) is 0 Å². The minimum absolute atomic E-state index is 0.613. The summed E-state index contributed by atoms with van der Waals surface area (Å²) in [5.74, 6) is 0.613. The molecular weight excluding hydrogens is 635 g/mol. The molecule has 0 saturated carbocycles. The maximum Gasteiger partial charge on any atom is 0.236 e. The Bertz CT molecular complexity index is 3440. The summed E-state index contributed by atoms with van der Waals surface area (Å²) in [7, 11) is 0. The van der Waals surface area contributed by atoms with E-state index < -0.39 is 0 Å². The predicted molar refractivity (Wildman–Crippen MR) is 217 cm³/mol. The van der Waals surface area contributed by atoms with E-state index in [4.69, 9.17) is 14.4 Å². The van der Waals surface area contributed by atoms with Gasteiger partial charge in [0.25, 0.3) is 0 Å². The van der Waals surface area contributed by atoms with E-state index >= 15 is 0 Å². The number of rotatable bonds is 2. The van der Waals surface area contributed by atoms with Crippen LogP contribution in [0, 0.1) is 0 Å². The van der Waals surface area contributed by atoms with Crippen LogP contribution in [0.25, 0.3) is 115 Å². The van der Waals surface area contributed by atoms with Gasteiger partial charge >= 0.3 is 0 Å². The summed E-state index contributed by atoms with van der Waals surface area (Å²) in [6, 6.07) is 58.4. The second kappa shape index (κ2) is 10.3. The predicted octanol–water partition coefficient (Wildman–Crippen LogP) is 12.9. The van der Waals surface area contributed by atoms with Crippen molar-refractivity contribution < 1.29 is 4.42 Å². The van der Waals surface area contributed by atoms with Crippen LogP contribution in [0.2, 0.25) is 0 Å². The summed E-state index contributed by atoms with van der Waals surface area (Å²) in [5.41, 5.74) is 6.18. The van der Waals surface area contributed by atoms with E-state index in [1.807, 2.05) is 18.2 Å². The number of fused-ring (bicyclic) bond motifs is 16. The molecule has 52 heavy (non-hydrogen) atoms. The highest BCUT2D eigenvalue weighted by atomic mass is 16.3. The Balaban J connectivity index is 1.29. The van der Waals surface area contributed by atoms with Gasteiger partial charge in [0.1, 0.15) is 16.8 Å². The van der Waals surface area contributed by atoms with Crippen molar-refractivity contribution in [3.63, 3.8) is 0 Å². The van der Waals surface area contributed by atoms with Crippen LogP contribution in [-0.4, -0.2) is 14.5 Å². The number of benzene rings is 9. The molecule has 0 spiro atoms. The van der Waals surface area contributed by atoms with E-state index in [9.17, 15) is 0 Å². The Kier molecular flexibility index (Phi) is 5.47. The zero-order valence-corrected chi connectivity index (χ0v) is 27.8. The Morgan fingerprint density at radius 1 is 0.404 bits per heavy atom. The summed E-state index contributed by atoms with van der Waals surface area (Å²) >= 11 is 0. The third-order valence-electron chi connectivity index (χ3n) is 11.0. The fraction of sp³-hybridized carbons (Fsp3) is 0. The smallest absolute Gasteiger partial charge is 0.236 e. The van der Waals surface area contributed by atoms with Gasteiger partial charge in [0.2, 0.25) is 5.95 Å². The van der Waals surface area contributed by atoms with Crippen molar-refractivity contribution in [1.82, 2.24) is 14.5 Å². The second-order valence-corrected chi connectivity index (χ2v) is 13.7. The van der Waals surface area contributed by atoms with Crippen LogP contribution in [0.3, 0.4) is 0 Å². The minimum Gasteiger partial charge on any atom is -0.452 e. The molecule has 12 aromatic rings. The zero-order chi connectivity index (χ0) is 33.9. The summed E-state index contributed by atoms with van der Waals surface area (Å²) in [4.78, 5) is 10.8.